The molecule has 3 rings (SSSR count). The summed E-state index contributed by atoms with van der Waals surface area (Å²) in [7, 11) is -1.22. The SMILES string of the molecule is CCOP(OCC)c1c2ccc(Cl)cc2nn1-c1ccccc1. The summed E-state index contributed by atoms with van der Waals surface area (Å²) in [4.78, 5) is 0. The van der Waals surface area contributed by atoms with Crippen LogP contribution < -0.4 is 5.44 Å². The van der Waals surface area contributed by atoms with Gasteiger partial charge in [0.1, 0.15) is 5.44 Å². The van der Waals surface area contributed by atoms with E-state index in [-0.39, 0.29) is 0 Å². The Labute approximate surface area is 141 Å². The molecule has 1 heterocycles. The lowest BCUT2D eigenvalue weighted by Gasteiger charge is -2.17. The normalized spacial score (nSPS) is 11.5. The van der Waals surface area contributed by atoms with Crippen LogP contribution in [0.2, 0.25) is 5.02 Å². The predicted octanol–water partition coefficient (Wildman–Crippen LogP) is 4.69. The number of benzene rings is 2. The lowest BCUT2D eigenvalue weighted by molar-refractivity contribution is 0.276. The van der Waals surface area contributed by atoms with Crippen molar-refractivity contribution in [2.75, 3.05) is 13.2 Å². The van der Waals surface area contributed by atoms with E-state index in [1.165, 1.54) is 0 Å². The summed E-state index contributed by atoms with van der Waals surface area (Å²) < 4.78 is 13.7. The second kappa shape index (κ2) is 7.41. The first-order valence-electron chi connectivity index (χ1n) is 7.54. The number of halogens is 1. The van der Waals surface area contributed by atoms with Gasteiger partial charge in [-0.3, -0.25) is 0 Å². The van der Waals surface area contributed by atoms with Crippen molar-refractivity contribution in [3.63, 3.8) is 0 Å². The number of para-hydroxylation sites is 1. The van der Waals surface area contributed by atoms with Gasteiger partial charge in [-0.25, -0.2) is 4.68 Å². The van der Waals surface area contributed by atoms with Crippen molar-refractivity contribution in [1.82, 2.24) is 9.78 Å². The molecule has 6 heteroatoms. The maximum absolute atomic E-state index is 6.12. The average molecular weight is 349 g/mol. The molecule has 0 radical (unpaired) electrons. The Kier molecular flexibility index (Phi) is 5.29. The van der Waals surface area contributed by atoms with E-state index in [0.29, 0.717) is 18.2 Å². The average Bonchev–Trinajstić information content (AvgIpc) is 2.94. The summed E-state index contributed by atoms with van der Waals surface area (Å²) in [5.41, 5.74) is 2.76. The highest BCUT2D eigenvalue weighted by atomic mass is 35.5. The second-order valence-corrected chi connectivity index (χ2v) is 6.72. The number of aromatic nitrogens is 2. The van der Waals surface area contributed by atoms with Crippen LogP contribution in [0.15, 0.2) is 48.5 Å². The highest BCUT2D eigenvalue weighted by molar-refractivity contribution is 7.56. The molecule has 0 N–H and O–H groups in total. The molecule has 0 aliphatic heterocycles. The van der Waals surface area contributed by atoms with Gasteiger partial charge in [-0.15, -0.1) is 0 Å². The molecule has 0 bridgehead atoms. The molecule has 120 valence electrons. The summed E-state index contributed by atoms with van der Waals surface area (Å²) in [5.74, 6) is 0. The third-order valence-corrected chi connectivity index (χ3v) is 5.27. The second-order valence-electron chi connectivity index (χ2n) is 4.83. The molecule has 0 atom stereocenters. The maximum atomic E-state index is 6.12. The van der Waals surface area contributed by atoms with Crippen LogP contribution in [0.3, 0.4) is 0 Å². The van der Waals surface area contributed by atoms with Gasteiger partial charge in [0, 0.05) is 10.4 Å². The molecule has 3 aromatic rings. The molecule has 0 spiro atoms. The fourth-order valence-electron chi connectivity index (χ4n) is 2.36. The van der Waals surface area contributed by atoms with Crippen molar-refractivity contribution >= 4 is 36.3 Å². The van der Waals surface area contributed by atoms with Crippen LogP contribution in [-0.4, -0.2) is 23.0 Å². The van der Waals surface area contributed by atoms with Crippen molar-refractivity contribution < 1.29 is 9.05 Å². The number of fused-ring (bicyclic) bond motifs is 1. The predicted molar refractivity (Wildman–Crippen MR) is 95.9 cm³/mol. The zero-order valence-corrected chi connectivity index (χ0v) is 14.7. The van der Waals surface area contributed by atoms with E-state index >= 15 is 0 Å². The van der Waals surface area contributed by atoms with Crippen molar-refractivity contribution in [3.8, 4) is 5.69 Å². The molecule has 0 saturated carbocycles. The van der Waals surface area contributed by atoms with Gasteiger partial charge in [0.15, 0.2) is 0 Å². The van der Waals surface area contributed by atoms with Gasteiger partial charge in [-0.05, 0) is 44.2 Å². The summed E-state index contributed by atoms with van der Waals surface area (Å²) in [6.07, 6.45) is 0. The van der Waals surface area contributed by atoms with Crippen LogP contribution in [0.4, 0.5) is 0 Å². The van der Waals surface area contributed by atoms with Crippen LogP contribution in [0.25, 0.3) is 16.6 Å². The minimum Gasteiger partial charge on any atom is -0.330 e. The molecular formula is C17H18ClN2O2P. The third-order valence-electron chi connectivity index (χ3n) is 3.28. The van der Waals surface area contributed by atoms with Gasteiger partial charge in [0.25, 0.3) is 0 Å². The molecule has 1 aromatic heterocycles. The highest BCUT2D eigenvalue weighted by Gasteiger charge is 2.24. The minimum atomic E-state index is -1.22. The molecule has 0 unspecified atom stereocenters. The van der Waals surface area contributed by atoms with Crippen molar-refractivity contribution in [2.45, 2.75) is 13.8 Å². The van der Waals surface area contributed by atoms with Crippen molar-refractivity contribution in [1.29, 1.82) is 0 Å². The Morgan fingerprint density at radius 1 is 1.04 bits per heavy atom. The summed E-state index contributed by atoms with van der Waals surface area (Å²) in [6, 6.07) is 15.7. The van der Waals surface area contributed by atoms with Crippen LogP contribution in [0, 0.1) is 0 Å². The molecule has 23 heavy (non-hydrogen) atoms. The van der Waals surface area contributed by atoms with Gasteiger partial charge in [0.05, 0.1) is 24.4 Å². The lowest BCUT2D eigenvalue weighted by atomic mass is 10.2. The van der Waals surface area contributed by atoms with Gasteiger partial charge in [0.2, 0.25) is 8.38 Å². The van der Waals surface area contributed by atoms with Gasteiger partial charge in [-0.2, -0.15) is 5.10 Å². The number of hydrogen-bond donors (Lipinski definition) is 0. The van der Waals surface area contributed by atoms with E-state index in [1.54, 1.807) is 0 Å². The van der Waals surface area contributed by atoms with Gasteiger partial charge < -0.3 is 9.05 Å². The van der Waals surface area contributed by atoms with E-state index in [1.807, 2.05) is 67.1 Å². The molecule has 4 nitrogen and oxygen atoms in total. The molecule has 0 saturated heterocycles. The molecule has 0 fully saturated rings. The van der Waals surface area contributed by atoms with Crippen LogP contribution >= 0.6 is 20.0 Å². The van der Waals surface area contributed by atoms with E-state index in [0.717, 1.165) is 22.0 Å². The zero-order valence-electron chi connectivity index (χ0n) is 13.1. The Hall–Kier alpha value is -1.45. The first-order valence-corrected chi connectivity index (χ1v) is 9.09. The summed E-state index contributed by atoms with van der Waals surface area (Å²) in [5, 5.41) is 6.39. The van der Waals surface area contributed by atoms with Crippen molar-refractivity contribution in [2.24, 2.45) is 0 Å². The fourth-order valence-corrected chi connectivity index (χ4v) is 4.02. The number of hydrogen-bond acceptors (Lipinski definition) is 3. The molecule has 0 amide bonds. The van der Waals surface area contributed by atoms with E-state index in [9.17, 15) is 0 Å². The fraction of sp³-hybridized carbons (Fsp3) is 0.235. The molecule has 0 aliphatic carbocycles. The summed E-state index contributed by atoms with van der Waals surface area (Å²) in [6.45, 7) is 5.11. The smallest absolute Gasteiger partial charge is 0.225 e. The maximum Gasteiger partial charge on any atom is 0.225 e. The van der Waals surface area contributed by atoms with Crippen LogP contribution in [0.1, 0.15) is 13.8 Å². The first-order chi connectivity index (χ1) is 11.2. The number of rotatable bonds is 6. The topological polar surface area (TPSA) is 36.3 Å². The Bertz CT molecular complexity index is 786. The van der Waals surface area contributed by atoms with Gasteiger partial charge in [-0.1, -0.05) is 29.8 Å². The monoisotopic (exact) mass is 348 g/mol. The Morgan fingerprint density at radius 3 is 2.39 bits per heavy atom. The first kappa shape index (κ1) is 16.4. The van der Waals surface area contributed by atoms with Crippen LogP contribution in [0.5, 0.6) is 0 Å². The van der Waals surface area contributed by atoms with E-state index in [4.69, 9.17) is 25.7 Å². The Morgan fingerprint density at radius 2 is 1.74 bits per heavy atom. The lowest BCUT2D eigenvalue weighted by Crippen LogP contribution is -2.17. The highest BCUT2D eigenvalue weighted by Crippen LogP contribution is 2.40. The zero-order chi connectivity index (χ0) is 16.2. The van der Waals surface area contributed by atoms with Crippen LogP contribution in [-0.2, 0) is 9.05 Å². The van der Waals surface area contributed by atoms with E-state index in [2.05, 4.69) is 0 Å². The number of nitrogens with zero attached hydrogens (tertiary/aromatic N) is 2. The third kappa shape index (κ3) is 3.41. The standard InChI is InChI=1S/C17H18ClN2O2P/c1-3-21-23(22-4-2)17-15-11-10-13(18)12-16(15)19-20(17)14-8-6-5-7-9-14/h5-12H,3-4H2,1-2H3. The molecule has 2 aromatic carbocycles. The molecule has 0 aliphatic rings. The van der Waals surface area contributed by atoms with E-state index < -0.39 is 8.38 Å². The van der Waals surface area contributed by atoms with Crippen molar-refractivity contribution in [3.05, 3.63) is 53.6 Å². The summed E-state index contributed by atoms with van der Waals surface area (Å²) >= 11 is 6.12. The Balaban J connectivity index is 2.23. The molecular weight excluding hydrogens is 331 g/mol. The largest absolute Gasteiger partial charge is 0.330 e. The minimum absolute atomic E-state index is 0.584. The van der Waals surface area contributed by atoms with Gasteiger partial charge >= 0.3 is 0 Å². The quantitative estimate of drug-likeness (QED) is 0.606.